The van der Waals surface area contributed by atoms with Gasteiger partial charge in [-0.15, -0.1) is 11.8 Å². The summed E-state index contributed by atoms with van der Waals surface area (Å²) in [7, 11) is 0. The summed E-state index contributed by atoms with van der Waals surface area (Å²) in [5, 5.41) is 3.13. The van der Waals surface area contributed by atoms with Crippen molar-refractivity contribution in [3.8, 4) is 0 Å². The monoisotopic (exact) mass is 217 g/mol. The van der Waals surface area contributed by atoms with Crippen molar-refractivity contribution in [3.05, 3.63) is 11.6 Å². The Morgan fingerprint density at radius 2 is 2.50 bits per heavy atom. The lowest BCUT2D eigenvalue weighted by Crippen LogP contribution is -2.22. The summed E-state index contributed by atoms with van der Waals surface area (Å²) in [4.78, 5) is 4.33. The molecule has 0 aromatic heterocycles. The van der Waals surface area contributed by atoms with Crippen molar-refractivity contribution >= 4 is 47.7 Å². The zero-order chi connectivity index (χ0) is 8.23. The summed E-state index contributed by atoms with van der Waals surface area (Å²) in [6, 6.07) is 0. The molecule has 0 bridgehead atoms. The lowest BCUT2D eigenvalue weighted by molar-refractivity contribution is 0.937. The molecular formula is C6H7N3S3. The van der Waals surface area contributed by atoms with Gasteiger partial charge in [0.25, 0.3) is 0 Å². The minimum atomic E-state index is 0.740. The highest BCUT2D eigenvalue weighted by atomic mass is 32.2. The van der Waals surface area contributed by atoms with Crippen LogP contribution in [0.25, 0.3) is 0 Å². The van der Waals surface area contributed by atoms with Gasteiger partial charge < -0.3 is 0 Å². The predicted molar refractivity (Wildman–Crippen MR) is 59.4 cm³/mol. The van der Waals surface area contributed by atoms with E-state index < -0.39 is 0 Å². The van der Waals surface area contributed by atoms with Gasteiger partial charge in [-0.25, -0.2) is 4.40 Å². The first-order valence-corrected chi connectivity index (χ1v) is 6.30. The molecule has 2 heterocycles. The van der Waals surface area contributed by atoms with Gasteiger partial charge >= 0.3 is 0 Å². The first-order chi connectivity index (χ1) is 5.97. The van der Waals surface area contributed by atoms with Gasteiger partial charge in [-0.3, -0.25) is 9.30 Å². The molecule has 0 fully saturated rings. The molecule has 0 spiro atoms. The summed E-state index contributed by atoms with van der Waals surface area (Å²) >= 11 is 5.03. The smallest absolute Gasteiger partial charge is 0.158 e. The van der Waals surface area contributed by atoms with Crippen LogP contribution < -0.4 is 0 Å². The van der Waals surface area contributed by atoms with E-state index in [-0.39, 0.29) is 0 Å². The molecule has 12 heavy (non-hydrogen) atoms. The Labute approximate surface area is 84.1 Å². The van der Waals surface area contributed by atoms with Crippen LogP contribution in [0.5, 0.6) is 0 Å². The fraction of sp³-hybridized carbons (Fsp3) is 0.333. The molecule has 0 N–H and O–H groups in total. The minimum Gasteiger partial charge on any atom is -0.273 e. The summed E-state index contributed by atoms with van der Waals surface area (Å²) in [6.45, 7) is 0. The van der Waals surface area contributed by atoms with Crippen molar-refractivity contribution in [2.24, 2.45) is 9.39 Å². The number of nitrogens with zero attached hydrogens (tertiary/aromatic N) is 3. The molecule has 0 radical (unpaired) electrons. The molecule has 0 amide bonds. The minimum absolute atomic E-state index is 0.740. The molecule has 6 heteroatoms. The van der Waals surface area contributed by atoms with Crippen molar-refractivity contribution in [2.45, 2.75) is 0 Å². The number of thioether (sulfide) groups is 1. The second-order valence-electron chi connectivity index (χ2n) is 2.03. The van der Waals surface area contributed by atoms with E-state index >= 15 is 0 Å². The van der Waals surface area contributed by atoms with E-state index in [1.807, 2.05) is 12.4 Å². The van der Waals surface area contributed by atoms with Gasteiger partial charge in [0.1, 0.15) is 5.88 Å². The van der Waals surface area contributed by atoms with Gasteiger partial charge in [0.2, 0.25) is 0 Å². The fourth-order valence-electron chi connectivity index (χ4n) is 0.791. The van der Waals surface area contributed by atoms with Crippen LogP contribution in [0, 0.1) is 0 Å². The third-order valence-corrected chi connectivity index (χ3v) is 3.67. The van der Waals surface area contributed by atoms with Crippen molar-refractivity contribution in [1.82, 2.24) is 4.31 Å². The molecule has 2 aliphatic heterocycles. The molecule has 2 rings (SSSR count). The SMILES string of the molecule is C1=CN(C2=NCSN=C2)SCS1. The second-order valence-corrected chi connectivity index (χ2v) is 4.96. The van der Waals surface area contributed by atoms with Crippen LogP contribution in [-0.2, 0) is 0 Å². The van der Waals surface area contributed by atoms with Crippen LogP contribution in [0.2, 0.25) is 0 Å². The molecule has 64 valence electrons. The second kappa shape index (κ2) is 4.25. The molecular weight excluding hydrogens is 210 g/mol. The maximum Gasteiger partial charge on any atom is 0.158 e. The summed E-state index contributed by atoms with van der Waals surface area (Å²) in [6.07, 6.45) is 3.83. The van der Waals surface area contributed by atoms with E-state index in [1.165, 1.54) is 11.9 Å². The van der Waals surface area contributed by atoms with E-state index in [0.29, 0.717) is 0 Å². The number of amidine groups is 1. The molecule has 0 saturated heterocycles. The van der Waals surface area contributed by atoms with Crippen LogP contribution in [-0.4, -0.2) is 27.3 Å². The Hall–Kier alpha value is -0.0700. The quantitative estimate of drug-likeness (QED) is 0.581. The van der Waals surface area contributed by atoms with Gasteiger partial charge in [-0.1, -0.05) is 0 Å². The van der Waals surface area contributed by atoms with Gasteiger partial charge in [-0.2, -0.15) is 0 Å². The van der Waals surface area contributed by atoms with E-state index in [9.17, 15) is 0 Å². The first-order valence-electron chi connectivity index (χ1n) is 3.37. The molecule has 3 nitrogen and oxygen atoms in total. The summed E-state index contributed by atoms with van der Waals surface area (Å²) in [5.41, 5.74) is 0. The van der Waals surface area contributed by atoms with Crippen molar-refractivity contribution in [3.63, 3.8) is 0 Å². The fourth-order valence-corrected chi connectivity index (χ4v) is 2.90. The average molecular weight is 217 g/mol. The third kappa shape index (κ3) is 1.99. The lowest BCUT2D eigenvalue weighted by Gasteiger charge is -2.21. The highest BCUT2D eigenvalue weighted by molar-refractivity contribution is 8.17. The van der Waals surface area contributed by atoms with E-state index in [1.54, 1.807) is 23.7 Å². The van der Waals surface area contributed by atoms with Gasteiger partial charge in [0.15, 0.2) is 5.84 Å². The highest BCUT2D eigenvalue weighted by Gasteiger charge is 2.11. The zero-order valence-corrected chi connectivity index (χ0v) is 8.66. The Morgan fingerprint density at radius 1 is 1.50 bits per heavy atom. The van der Waals surface area contributed by atoms with E-state index in [4.69, 9.17) is 0 Å². The molecule has 0 unspecified atom stereocenters. The zero-order valence-electron chi connectivity index (χ0n) is 6.21. The number of aliphatic imine (C=N–C) groups is 1. The molecule has 2 aliphatic rings. The van der Waals surface area contributed by atoms with Crippen molar-refractivity contribution in [1.29, 1.82) is 0 Å². The largest absolute Gasteiger partial charge is 0.273 e. The van der Waals surface area contributed by atoms with Gasteiger partial charge in [0, 0.05) is 6.20 Å². The lowest BCUT2D eigenvalue weighted by atomic mass is 10.6. The molecule has 0 aliphatic carbocycles. The van der Waals surface area contributed by atoms with Crippen molar-refractivity contribution in [2.75, 3.05) is 11.0 Å². The van der Waals surface area contributed by atoms with Crippen LogP contribution in [0.4, 0.5) is 0 Å². The van der Waals surface area contributed by atoms with Gasteiger partial charge in [-0.05, 0) is 29.3 Å². The third-order valence-electron chi connectivity index (χ3n) is 1.31. The van der Waals surface area contributed by atoms with Crippen LogP contribution >= 0.6 is 35.7 Å². The Bertz CT molecular complexity index is 248. The first kappa shape index (κ1) is 8.52. The van der Waals surface area contributed by atoms with Crippen molar-refractivity contribution < 1.29 is 0 Å². The van der Waals surface area contributed by atoms with Crippen LogP contribution in [0.3, 0.4) is 0 Å². The Kier molecular flexibility index (Phi) is 3.02. The number of hydrogen-bond acceptors (Lipinski definition) is 6. The maximum absolute atomic E-state index is 4.33. The molecule has 0 aromatic carbocycles. The molecule has 0 atom stereocenters. The average Bonchev–Trinajstić information content (AvgIpc) is 2.21. The summed E-state index contributed by atoms with van der Waals surface area (Å²) in [5.74, 6) is 1.69. The van der Waals surface area contributed by atoms with E-state index in [2.05, 4.69) is 19.1 Å². The predicted octanol–water partition coefficient (Wildman–Crippen LogP) is 2.20. The van der Waals surface area contributed by atoms with Crippen LogP contribution in [0.15, 0.2) is 21.0 Å². The van der Waals surface area contributed by atoms with Gasteiger partial charge in [0.05, 0.1) is 11.3 Å². The van der Waals surface area contributed by atoms with E-state index in [0.717, 1.165) is 16.8 Å². The standard InChI is InChI=1S/C6H7N3S3/c1-2-10-5-12-9(1)6-3-8-11-4-7-6/h1-3H,4-5H2. The summed E-state index contributed by atoms with van der Waals surface area (Å²) < 4.78 is 6.15. The number of hydrogen-bond donors (Lipinski definition) is 0. The Morgan fingerprint density at radius 3 is 3.17 bits per heavy atom. The number of rotatable bonds is 0. The normalized spacial score (nSPS) is 22.7. The molecule has 0 saturated carbocycles. The molecule has 0 aromatic rings. The highest BCUT2D eigenvalue weighted by Crippen LogP contribution is 2.25. The van der Waals surface area contributed by atoms with Crippen LogP contribution in [0.1, 0.15) is 0 Å². The topological polar surface area (TPSA) is 28.0 Å². The maximum atomic E-state index is 4.33. The Balaban J connectivity index is 2.07.